The van der Waals surface area contributed by atoms with Crippen molar-refractivity contribution in [2.45, 2.75) is 4.90 Å². The van der Waals surface area contributed by atoms with E-state index in [9.17, 15) is 0 Å². The van der Waals surface area contributed by atoms with Gasteiger partial charge in [-0.1, -0.05) is 36.4 Å². The van der Waals surface area contributed by atoms with E-state index in [0.29, 0.717) is 5.82 Å². The zero-order valence-corrected chi connectivity index (χ0v) is 17.0. The molecule has 0 saturated heterocycles. The van der Waals surface area contributed by atoms with Crippen LogP contribution >= 0.6 is 27.9 Å². The summed E-state index contributed by atoms with van der Waals surface area (Å²) < 4.78 is 1.86. The number of halogens is 1. The molecule has 0 spiro atoms. The lowest BCUT2D eigenvalue weighted by Gasteiger charge is -2.18. The molecule has 4 nitrogen and oxygen atoms in total. The zero-order valence-electron chi connectivity index (χ0n) is 14.6. The van der Waals surface area contributed by atoms with Crippen LogP contribution in [0.3, 0.4) is 0 Å². The third kappa shape index (κ3) is 3.63. The number of fused-ring (bicyclic) bond motifs is 1. The maximum Gasteiger partial charge on any atom is 0.222 e. The molecule has 3 aromatic carbocycles. The number of rotatable bonds is 4. The van der Waals surface area contributed by atoms with Crippen molar-refractivity contribution in [1.82, 2.24) is 9.97 Å². The van der Waals surface area contributed by atoms with Crippen LogP contribution in [-0.4, -0.2) is 16.2 Å². The van der Waals surface area contributed by atoms with Gasteiger partial charge in [-0.3, -0.25) is 3.93 Å². The number of nitrogens with zero attached hydrogens (tertiary/aromatic N) is 3. The molecule has 4 rings (SSSR count). The highest BCUT2D eigenvalue weighted by Gasteiger charge is 2.14. The van der Waals surface area contributed by atoms with E-state index in [-0.39, 0.29) is 5.95 Å². The number of thioether (sulfide) groups is 1. The SMILES string of the molecule is CSc1ccc(-c2ccc3nc(N)nc(N(Br)c4ccccc4)c3c2)cc1. The van der Waals surface area contributed by atoms with Crippen LogP contribution in [0.5, 0.6) is 0 Å². The Bertz CT molecular complexity index is 1080. The fraction of sp³-hybridized carbons (Fsp3) is 0.0476. The summed E-state index contributed by atoms with van der Waals surface area (Å²) in [7, 11) is 0. The molecule has 0 amide bonds. The van der Waals surface area contributed by atoms with E-state index in [4.69, 9.17) is 5.73 Å². The molecular weight excluding hydrogens is 420 g/mol. The molecular formula is C21H17BrN4S. The largest absolute Gasteiger partial charge is 0.368 e. The Labute approximate surface area is 170 Å². The lowest BCUT2D eigenvalue weighted by atomic mass is 10.0. The standard InChI is InChI=1S/C21H17BrN4S/c1-27-17-10-7-14(8-11-17)15-9-12-19-18(13-15)20(25-21(23)24-19)26(22)16-5-3-2-4-6-16/h2-13H,1H3,(H2,23,24,25). The average Bonchev–Trinajstić information content (AvgIpc) is 2.73. The molecule has 4 aromatic rings. The van der Waals surface area contributed by atoms with E-state index in [1.807, 2.05) is 40.3 Å². The van der Waals surface area contributed by atoms with Crippen LogP contribution in [0.1, 0.15) is 0 Å². The van der Waals surface area contributed by atoms with Crippen molar-refractivity contribution in [3.63, 3.8) is 0 Å². The molecule has 0 aliphatic heterocycles. The summed E-state index contributed by atoms with van der Waals surface area (Å²) in [4.78, 5) is 10.1. The van der Waals surface area contributed by atoms with Crippen molar-refractivity contribution in [2.24, 2.45) is 0 Å². The Morgan fingerprint density at radius 3 is 2.30 bits per heavy atom. The van der Waals surface area contributed by atoms with E-state index >= 15 is 0 Å². The summed E-state index contributed by atoms with van der Waals surface area (Å²) in [6.45, 7) is 0. The monoisotopic (exact) mass is 436 g/mol. The van der Waals surface area contributed by atoms with Gasteiger partial charge in [0, 0.05) is 10.3 Å². The van der Waals surface area contributed by atoms with Gasteiger partial charge >= 0.3 is 0 Å². The van der Waals surface area contributed by atoms with Crippen molar-refractivity contribution in [2.75, 3.05) is 15.9 Å². The van der Waals surface area contributed by atoms with Crippen LogP contribution < -0.4 is 9.66 Å². The smallest absolute Gasteiger partial charge is 0.222 e. The molecule has 0 aliphatic carbocycles. The first-order valence-electron chi connectivity index (χ1n) is 8.38. The van der Waals surface area contributed by atoms with Crippen molar-refractivity contribution in [3.8, 4) is 11.1 Å². The van der Waals surface area contributed by atoms with Crippen molar-refractivity contribution in [3.05, 3.63) is 72.8 Å². The molecule has 0 fully saturated rings. The Balaban J connectivity index is 1.85. The predicted molar refractivity (Wildman–Crippen MR) is 119 cm³/mol. The highest BCUT2D eigenvalue weighted by molar-refractivity contribution is 9.10. The number of anilines is 3. The molecule has 0 saturated carbocycles. The zero-order chi connectivity index (χ0) is 18.8. The van der Waals surface area contributed by atoms with Gasteiger partial charge in [-0.05, 0) is 53.8 Å². The molecule has 1 heterocycles. The van der Waals surface area contributed by atoms with Crippen LogP contribution in [0.4, 0.5) is 17.5 Å². The van der Waals surface area contributed by atoms with Gasteiger partial charge in [0.1, 0.15) is 0 Å². The van der Waals surface area contributed by atoms with E-state index in [0.717, 1.165) is 27.7 Å². The van der Waals surface area contributed by atoms with Gasteiger partial charge in [0.25, 0.3) is 0 Å². The lowest BCUT2D eigenvalue weighted by Crippen LogP contribution is -2.07. The van der Waals surface area contributed by atoms with Crippen LogP contribution in [0.25, 0.3) is 22.0 Å². The Morgan fingerprint density at radius 2 is 1.59 bits per heavy atom. The second-order valence-corrected chi connectivity index (χ2v) is 7.57. The van der Waals surface area contributed by atoms with Crippen LogP contribution in [0.15, 0.2) is 77.7 Å². The van der Waals surface area contributed by atoms with Gasteiger partial charge in [-0.2, -0.15) is 4.98 Å². The first-order chi connectivity index (χ1) is 13.2. The van der Waals surface area contributed by atoms with Gasteiger partial charge in [-0.25, -0.2) is 4.98 Å². The summed E-state index contributed by atoms with van der Waals surface area (Å²) in [5.74, 6) is 0.959. The van der Waals surface area contributed by atoms with Crippen molar-refractivity contribution in [1.29, 1.82) is 0 Å². The molecule has 0 aliphatic rings. The predicted octanol–water partition coefficient (Wildman–Crippen LogP) is 6.05. The van der Waals surface area contributed by atoms with Crippen LogP contribution in [0, 0.1) is 0 Å². The average molecular weight is 437 g/mol. The minimum atomic E-state index is 0.245. The molecule has 0 bridgehead atoms. The minimum absolute atomic E-state index is 0.245. The second-order valence-electron chi connectivity index (χ2n) is 5.98. The van der Waals surface area contributed by atoms with Gasteiger partial charge in [0.15, 0.2) is 5.82 Å². The third-order valence-corrected chi connectivity index (χ3v) is 5.77. The number of hydrogen-bond donors (Lipinski definition) is 1. The number of para-hydroxylation sites is 1. The van der Waals surface area contributed by atoms with Crippen LogP contribution in [0.2, 0.25) is 0 Å². The van der Waals surface area contributed by atoms with E-state index in [1.165, 1.54) is 4.90 Å². The Kier molecular flexibility index (Phi) is 5.01. The van der Waals surface area contributed by atoms with Crippen molar-refractivity contribution < 1.29 is 0 Å². The number of aromatic nitrogens is 2. The molecule has 27 heavy (non-hydrogen) atoms. The Hall–Kier alpha value is -2.57. The Morgan fingerprint density at radius 1 is 0.889 bits per heavy atom. The summed E-state index contributed by atoms with van der Waals surface area (Å²) in [6.07, 6.45) is 2.08. The van der Waals surface area contributed by atoms with Crippen LogP contribution in [-0.2, 0) is 0 Å². The molecule has 1 aromatic heterocycles. The fourth-order valence-electron chi connectivity index (χ4n) is 2.92. The molecule has 134 valence electrons. The lowest BCUT2D eigenvalue weighted by molar-refractivity contribution is 1.21. The summed E-state index contributed by atoms with van der Waals surface area (Å²) >= 11 is 5.37. The van der Waals surface area contributed by atoms with E-state index in [2.05, 4.69) is 68.8 Å². The second kappa shape index (κ2) is 7.58. The fourth-order valence-corrected chi connectivity index (χ4v) is 3.84. The van der Waals surface area contributed by atoms with Gasteiger partial charge < -0.3 is 5.73 Å². The minimum Gasteiger partial charge on any atom is -0.368 e. The normalized spacial score (nSPS) is 10.9. The molecule has 0 radical (unpaired) electrons. The van der Waals surface area contributed by atoms with E-state index in [1.54, 1.807) is 11.8 Å². The summed E-state index contributed by atoms with van der Waals surface area (Å²) in [5, 5.41) is 0.927. The number of nitrogens with two attached hydrogens (primary N) is 1. The topological polar surface area (TPSA) is 55.0 Å². The first kappa shape index (κ1) is 17.8. The van der Waals surface area contributed by atoms with Gasteiger partial charge in [0.05, 0.1) is 27.4 Å². The maximum atomic E-state index is 5.95. The summed E-state index contributed by atoms with van der Waals surface area (Å²) in [6, 6.07) is 24.6. The molecule has 0 unspecified atom stereocenters. The molecule has 6 heteroatoms. The number of nitrogen functional groups attached to an aromatic ring is 1. The van der Waals surface area contributed by atoms with E-state index < -0.39 is 0 Å². The van der Waals surface area contributed by atoms with Gasteiger partial charge in [0.2, 0.25) is 5.95 Å². The summed E-state index contributed by atoms with van der Waals surface area (Å²) in [5.41, 5.74) is 9.98. The number of benzene rings is 3. The maximum absolute atomic E-state index is 5.95. The molecule has 0 atom stereocenters. The third-order valence-electron chi connectivity index (χ3n) is 4.29. The van der Waals surface area contributed by atoms with Crippen molar-refractivity contribution >= 4 is 56.3 Å². The van der Waals surface area contributed by atoms with Gasteiger partial charge in [-0.15, -0.1) is 11.8 Å². The quantitative estimate of drug-likeness (QED) is 0.311. The number of hydrogen-bond acceptors (Lipinski definition) is 5. The molecule has 2 N–H and O–H groups in total. The highest BCUT2D eigenvalue weighted by Crippen LogP contribution is 2.35. The first-order valence-corrected chi connectivity index (χ1v) is 10.3. The highest BCUT2D eigenvalue weighted by atomic mass is 79.9.